The molecule has 1 aromatic heterocycles. The summed E-state index contributed by atoms with van der Waals surface area (Å²) in [5.74, 6) is -5.29. The summed E-state index contributed by atoms with van der Waals surface area (Å²) in [5.41, 5.74) is 7.69. The molecule has 222 valence electrons. The number of imidazole rings is 1. The molecule has 14 heteroatoms. The summed E-state index contributed by atoms with van der Waals surface area (Å²) in [6.45, 7) is 0. The Kier molecular flexibility index (Phi) is 11.1. The van der Waals surface area contributed by atoms with Crippen LogP contribution in [0.3, 0.4) is 0 Å². The third-order valence-electron chi connectivity index (χ3n) is 6.25. The third kappa shape index (κ3) is 9.75. The Hall–Kier alpha value is -5.24. The summed E-state index contributed by atoms with van der Waals surface area (Å²) in [6.07, 6.45) is 1.85. The monoisotopic (exact) mass is 580 g/mol. The van der Waals surface area contributed by atoms with Gasteiger partial charge in [-0.3, -0.25) is 19.2 Å². The zero-order valence-corrected chi connectivity index (χ0v) is 22.4. The fourth-order valence-electron chi connectivity index (χ4n) is 4.06. The molecule has 0 fully saturated rings. The van der Waals surface area contributed by atoms with E-state index in [2.05, 4.69) is 25.9 Å². The van der Waals surface area contributed by atoms with Gasteiger partial charge >= 0.3 is 11.9 Å². The molecule has 0 aliphatic carbocycles. The van der Waals surface area contributed by atoms with Gasteiger partial charge in [-0.25, -0.2) is 9.78 Å². The highest BCUT2D eigenvalue weighted by atomic mass is 16.4. The quantitative estimate of drug-likeness (QED) is 0.114. The van der Waals surface area contributed by atoms with Crippen molar-refractivity contribution >= 4 is 29.7 Å². The first kappa shape index (κ1) is 31.3. The van der Waals surface area contributed by atoms with Gasteiger partial charge in [-0.1, -0.05) is 42.5 Å². The van der Waals surface area contributed by atoms with Crippen molar-refractivity contribution < 1.29 is 39.3 Å². The number of rotatable bonds is 15. The van der Waals surface area contributed by atoms with Gasteiger partial charge in [0, 0.05) is 24.7 Å². The number of aliphatic carboxylic acids is 2. The number of phenols is 1. The van der Waals surface area contributed by atoms with Crippen LogP contribution in [0.2, 0.25) is 0 Å². The fraction of sp³-hybridized carbons (Fsp3) is 0.286. The number of aromatic nitrogens is 2. The molecule has 1 heterocycles. The maximum Gasteiger partial charge on any atom is 0.326 e. The number of benzene rings is 2. The number of phenolic OH excluding ortho intramolecular Hbond substituents is 1. The molecule has 3 aromatic rings. The van der Waals surface area contributed by atoms with Gasteiger partial charge < -0.3 is 42.0 Å². The number of aromatic amines is 1. The Labute approximate surface area is 240 Å². The minimum atomic E-state index is -1.59. The van der Waals surface area contributed by atoms with Crippen LogP contribution in [0, 0.1) is 0 Å². The number of carboxylic acids is 2. The molecule has 0 aliphatic rings. The topological polar surface area (TPSA) is 237 Å². The summed E-state index contributed by atoms with van der Waals surface area (Å²) in [5, 5.41) is 35.7. The molecule has 3 rings (SSSR count). The maximum atomic E-state index is 13.3. The normalized spacial score (nSPS) is 13.6. The van der Waals surface area contributed by atoms with Gasteiger partial charge in [-0.15, -0.1) is 0 Å². The second-order valence-corrected chi connectivity index (χ2v) is 9.57. The Bertz CT molecular complexity index is 1360. The molecule has 0 bridgehead atoms. The van der Waals surface area contributed by atoms with E-state index in [1.807, 2.05) is 0 Å². The van der Waals surface area contributed by atoms with Crippen molar-refractivity contribution in [3.05, 3.63) is 83.9 Å². The van der Waals surface area contributed by atoms with Gasteiger partial charge in [-0.05, 0) is 29.7 Å². The molecule has 0 aliphatic heterocycles. The van der Waals surface area contributed by atoms with E-state index in [-0.39, 0.29) is 25.0 Å². The molecule has 3 amide bonds. The molecular weight excluding hydrogens is 548 g/mol. The van der Waals surface area contributed by atoms with Crippen LogP contribution >= 0.6 is 0 Å². The molecule has 0 spiro atoms. The Morgan fingerprint density at radius 3 is 1.95 bits per heavy atom. The Balaban J connectivity index is 1.75. The number of carbonyl (C=O) groups is 5. The van der Waals surface area contributed by atoms with Crippen LogP contribution < -0.4 is 21.7 Å². The zero-order valence-electron chi connectivity index (χ0n) is 22.4. The molecule has 0 radical (unpaired) electrons. The van der Waals surface area contributed by atoms with Crippen LogP contribution in [0.4, 0.5) is 0 Å². The van der Waals surface area contributed by atoms with Gasteiger partial charge in [0.15, 0.2) is 0 Å². The molecule has 0 saturated heterocycles. The Morgan fingerprint density at radius 1 is 0.762 bits per heavy atom. The average molecular weight is 581 g/mol. The van der Waals surface area contributed by atoms with Crippen LogP contribution in [0.5, 0.6) is 5.75 Å². The number of nitrogens with zero attached hydrogens (tertiary/aromatic N) is 1. The van der Waals surface area contributed by atoms with Gasteiger partial charge in [0.1, 0.15) is 23.9 Å². The van der Waals surface area contributed by atoms with E-state index < -0.39 is 60.2 Å². The van der Waals surface area contributed by atoms with Crippen LogP contribution in [0.25, 0.3) is 0 Å². The Morgan fingerprint density at radius 2 is 1.36 bits per heavy atom. The number of carboxylic acid groups (broad SMARTS) is 2. The van der Waals surface area contributed by atoms with E-state index in [0.29, 0.717) is 16.8 Å². The van der Waals surface area contributed by atoms with E-state index in [9.17, 15) is 39.3 Å². The van der Waals surface area contributed by atoms with E-state index in [1.165, 1.54) is 24.7 Å². The molecule has 42 heavy (non-hydrogen) atoms. The van der Waals surface area contributed by atoms with Crippen molar-refractivity contribution in [2.75, 3.05) is 0 Å². The van der Waals surface area contributed by atoms with Crippen molar-refractivity contribution in [1.29, 1.82) is 0 Å². The number of amides is 3. The second-order valence-electron chi connectivity index (χ2n) is 9.57. The van der Waals surface area contributed by atoms with Gasteiger partial charge in [0.2, 0.25) is 17.7 Å². The van der Waals surface area contributed by atoms with Gasteiger partial charge in [0.25, 0.3) is 0 Å². The third-order valence-corrected chi connectivity index (χ3v) is 6.25. The smallest absolute Gasteiger partial charge is 0.326 e. The minimum absolute atomic E-state index is 0.0278. The first-order chi connectivity index (χ1) is 20.0. The predicted octanol–water partition coefficient (Wildman–Crippen LogP) is -0.516. The highest BCUT2D eigenvalue weighted by Crippen LogP contribution is 2.11. The maximum absolute atomic E-state index is 13.3. The first-order valence-corrected chi connectivity index (χ1v) is 12.9. The largest absolute Gasteiger partial charge is 0.508 e. The lowest BCUT2D eigenvalue weighted by Crippen LogP contribution is -2.58. The zero-order chi connectivity index (χ0) is 30.6. The number of nitrogens with one attached hydrogen (secondary N) is 4. The number of carbonyl (C=O) groups excluding carboxylic acids is 3. The number of hydrogen-bond acceptors (Lipinski definition) is 8. The molecule has 4 unspecified atom stereocenters. The number of H-pyrrole nitrogens is 1. The lowest BCUT2D eigenvalue weighted by Gasteiger charge is -2.25. The van der Waals surface area contributed by atoms with E-state index in [4.69, 9.17) is 5.73 Å². The van der Waals surface area contributed by atoms with Gasteiger partial charge in [0.05, 0.1) is 18.8 Å². The van der Waals surface area contributed by atoms with E-state index in [1.54, 1.807) is 42.5 Å². The summed E-state index contributed by atoms with van der Waals surface area (Å²) < 4.78 is 0. The lowest BCUT2D eigenvalue weighted by molar-refractivity contribution is -0.143. The highest BCUT2D eigenvalue weighted by Gasteiger charge is 2.32. The van der Waals surface area contributed by atoms with Crippen molar-refractivity contribution in [2.45, 2.75) is 49.9 Å². The first-order valence-electron chi connectivity index (χ1n) is 12.9. The number of aromatic hydroxyl groups is 1. The summed E-state index contributed by atoms with van der Waals surface area (Å²) >= 11 is 0. The average Bonchev–Trinajstić information content (AvgIpc) is 3.46. The van der Waals surface area contributed by atoms with Crippen LogP contribution in [0.1, 0.15) is 23.2 Å². The summed E-state index contributed by atoms with van der Waals surface area (Å²) in [7, 11) is 0. The molecule has 0 saturated carbocycles. The molecule has 9 N–H and O–H groups in total. The molecular formula is C28H32N6O8. The van der Waals surface area contributed by atoms with Crippen LogP contribution in [0.15, 0.2) is 67.1 Å². The highest BCUT2D eigenvalue weighted by molar-refractivity contribution is 5.95. The summed E-state index contributed by atoms with van der Waals surface area (Å²) in [6, 6.07) is 9.12. The van der Waals surface area contributed by atoms with Crippen molar-refractivity contribution in [2.24, 2.45) is 5.73 Å². The lowest BCUT2D eigenvalue weighted by atomic mass is 10.0. The van der Waals surface area contributed by atoms with Crippen molar-refractivity contribution in [1.82, 2.24) is 25.9 Å². The van der Waals surface area contributed by atoms with Crippen LogP contribution in [-0.2, 0) is 43.2 Å². The second kappa shape index (κ2) is 14.9. The van der Waals surface area contributed by atoms with Crippen LogP contribution in [-0.4, -0.2) is 79.1 Å². The standard InChI is InChI=1S/C28H32N6O8/c29-20(10-17-6-8-19(35)9-7-17)25(38)32-22(13-24(36)37)27(40)33-21(11-16-4-2-1-3-5-16)26(39)34-23(28(41)42)12-18-14-30-15-31-18/h1-9,14-15,20-23,35H,10-13,29H2,(H,30,31)(H,32,38)(H,33,40)(H,34,39)(H,36,37)(H,41,42). The van der Waals surface area contributed by atoms with Crippen molar-refractivity contribution in [3.63, 3.8) is 0 Å². The van der Waals surface area contributed by atoms with E-state index in [0.717, 1.165) is 0 Å². The SMILES string of the molecule is NC(Cc1ccc(O)cc1)C(=O)NC(CC(=O)O)C(=O)NC(Cc1ccccc1)C(=O)NC(Cc1cnc[nH]1)C(=O)O. The van der Waals surface area contributed by atoms with E-state index >= 15 is 0 Å². The van der Waals surface area contributed by atoms with Crippen molar-refractivity contribution in [3.8, 4) is 5.75 Å². The fourth-order valence-corrected chi connectivity index (χ4v) is 4.06. The molecule has 2 aromatic carbocycles. The summed E-state index contributed by atoms with van der Waals surface area (Å²) in [4.78, 5) is 69.3. The predicted molar refractivity (Wildman–Crippen MR) is 148 cm³/mol. The molecule has 4 atom stereocenters. The minimum Gasteiger partial charge on any atom is -0.508 e. The number of nitrogens with two attached hydrogens (primary N) is 1. The molecule has 14 nitrogen and oxygen atoms in total. The number of hydrogen-bond donors (Lipinski definition) is 8. The van der Waals surface area contributed by atoms with Gasteiger partial charge in [-0.2, -0.15) is 0 Å².